The van der Waals surface area contributed by atoms with Gasteiger partial charge < -0.3 is 9.47 Å². The van der Waals surface area contributed by atoms with Gasteiger partial charge in [0.25, 0.3) is 0 Å². The molecule has 0 N–H and O–H groups in total. The second-order valence-electron chi connectivity index (χ2n) is 1.81. The van der Waals surface area contributed by atoms with E-state index in [9.17, 15) is 9.59 Å². The van der Waals surface area contributed by atoms with Crippen LogP contribution in [-0.4, -0.2) is 25.4 Å². The third-order valence-electron chi connectivity index (χ3n) is 0.751. The molecule has 68 valence electrons. The van der Waals surface area contributed by atoms with E-state index >= 15 is 0 Å². The van der Waals surface area contributed by atoms with Crippen LogP contribution < -0.4 is 0 Å². The number of ether oxygens (including phenoxy) is 2. The minimum Gasteiger partial charge on any atom is -0.441 e. The lowest BCUT2D eigenvalue weighted by molar-refractivity contribution is -0.142. The summed E-state index contributed by atoms with van der Waals surface area (Å²) in [6, 6.07) is 0. The van der Waals surface area contributed by atoms with Crippen molar-refractivity contribution in [3.8, 4) is 0 Å². The SMILES string of the molecule is CC(=O)OCN=NCOC(C)=O. The van der Waals surface area contributed by atoms with Crippen LogP contribution in [0.25, 0.3) is 0 Å². The van der Waals surface area contributed by atoms with Crippen LogP contribution in [-0.2, 0) is 19.1 Å². The molecule has 0 amide bonds. The normalized spacial score (nSPS) is 9.83. The Balaban J connectivity index is 3.26. The first-order valence-electron chi connectivity index (χ1n) is 3.23. The number of hydrogen-bond acceptors (Lipinski definition) is 6. The maximum atomic E-state index is 10.2. The summed E-state index contributed by atoms with van der Waals surface area (Å²) in [5.41, 5.74) is 0. The van der Waals surface area contributed by atoms with Crippen LogP contribution in [0.1, 0.15) is 13.8 Å². The van der Waals surface area contributed by atoms with Gasteiger partial charge in [-0.15, -0.1) is 10.2 Å². The van der Waals surface area contributed by atoms with Crippen LogP contribution in [0.2, 0.25) is 0 Å². The van der Waals surface area contributed by atoms with Crippen LogP contribution in [0.5, 0.6) is 0 Å². The van der Waals surface area contributed by atoms with Crippen LogP contribution in [0.4, 0.5) is 0 Å². The van der Waals surface area contributed by atoms with E-state index in [1.165, 1.54) is 13.8 Å². The first-order chi connectivity index (χ1) is 5.63. The summed E-state index contributed by atoms with van der Waals surface area (Å²) in [6.45, 7) is 2.25. The molecule has 6 nitrogen and oxygen atoms in total. The lowest BCUT2D eigenvalue weighted by atomic mass is 10.8. The van der Waals surface area contributed by atoms with Crippen molar-refractivity contribution < 1.29 is 19.1 Å². The van der Waals surface area contributed by atoms with Crippen LogP contribution in [0.15, 0.2) is 10.2 Å². The van der Waals surface area contributed by atoms with Gasteiger partial charge >= 0.3 is 11.9 Å². The van der Waals surface area contributed by atoms with E-state index in [1.807, 2.05) is 0 Å². The lowest BCUT2D eigenvalue weighted by Crippen LogP contribution is -1.99. The molecular formula is C6H10N2O4. The van der Waals surface area contributed by atoms with Gasteiger partial charge in [0.2, 0.25) is 13.5 Å². The number of esters is 2. The fourth-order valence-electron chi connectivity index (χ4n) is 0.321. The van der Waals surface area contributed by atoms with E-state index in [0.717, 1.165) is 0 Å². The molecule has 6 heteroatoms. The minimum atomic E-state index is -0.429. The standard InChI is InChI=1S/C6H10N2O4/c1-5(9)11-3-7-8-4-12-6(2)10/h3-4H2,1-2H3. The van der Waals surface area contributed by atoms with Crippen molar-refractivity contribution in [2.24, 2.45) is 10.2 Å². The molecule has 0 saturated heterocycles. The number of nitrogens with zero attached hydrogens (tertiary/aromatic N) is 2. The molecule has 0 aliphatic rings. The largest absolute Gasteiger partial charge is 0.441 e. The maximum absolute atomic E-state index is 10.2. The molecule has 0 unspecified atom stereocenters. The first-order valence-corrected chi connectivity index (χ1v) is 3.23. The highest BCUT2D eigenvalue weighted by Crippen LogP contribution is 1.82. The quantitative estimate of drug-likeness (QED) is 0.458. The van der Waals surface area contributed by atoms with Crippen molar-refractivity contribution in [2.45, 2.75) is 13.8 Å². The fourth-order valence-corrected chi connectivity index (χ4v) is 0.321. The van der Waals surface area contributed by atoms with Crippen LogP contribution in [0.3, 0.4) is 0 Å². The Morgan fingerprint density at radius 1 is 1.00 bits per heavy atom. The highest BCUT2D eigenvalue weighted by atomic mass is 16.5. The molecule has 0 aromatic heterocycles. The van der Waals surface area contributed by atoms with E-state index < -0.39 is 11.9 Å². The van der Waals surface area contributed by atoms with Gasteiger partial charge in [-0.05, 0) is 0 Å². The summed E-state index contributed by atoms with van der Waals surface area (Å²) in [5.74, 6) is -0.858. The number of carbonyl (C=O) groups is 2. The van der Waals surface area contributed by atoms with Gasteiger partial charge in [0.15, 0.2) is 0 Å². The summed E-state index contributed by atoms with van der Waals surface area (Å²) < 4.78 is 8.82. The third kappa shape index (κ3) is 8.54. The molecule has 0 fully saturated rings. The van der Waals surface area contributed by atoms with Crippen molar-refractivity contribution >= 4 is 11.9 Å². The van der Waals surface area contributed by atoms with Gasteiger partial charge in [-0.3, -0.25) is 9.59 Å². The Kier molecular flexibility index (Phi) is 5.50. The number of carbonyl (C=O) groups excluding carboxylic acids is 2. The van der Waals surface area contributed by atoms with Crippen molar-refractivity contribution in [1.82, 2.24) is 0 Å². The van der Waals surface area contributed by atoms with E-state index in [1.54, 1.807) is 0 Å². The Morgan fingerprint density at radius 3 is 1.58 bits per heavy atom. The fraction of sp³-hybridized carbons (Fsp3) is 0.667. The molecule has 0 aromatic rings. The Hall–Kier alpha value is -1.46. The second kappa shape index (κ2) is 6.26. The third-order valence-corrected chi connectivity index (χ3v) is 0.751. The van der Waals surface area contributed by atoms with E-state index in [-0.39, 0.29) is 13.5 Å². The van der Waals surface area contributed by atoms with Crippen LogP contribution >= 0.6 is 0 Å². The summed E-state index contributed by atoms with van der Waals surface area (Å²) >= 11 is 0. The zero-order valence-electron chi connectivity index (χ0n) is 6.94. The van der Waals surface area contributed by atoms with Gasteiger partial charge in [-0.25, -0.2) is 0 Å². The Labute approximate surface area is 69.6 Å². The van der Waals surface area contributed by atoms with Gasteiger partial charge in [0, 0.05) is 13.8 Å². The van der Waals surface area contributed by atoms with Gasteiger partial charge in [0.05, 0.1) is 0 Å². The van der Waals surface area contributed by atoms with Crippen molar-refractivity contribution in [3.05, 3.63) is 0 Å². The number of hydrogen-bond donors (Lipinski definition) is 0. The Morgan fingerprint density at radius 2 is 1.33 bits per heavy atom. The van der Waals surface area contributed by atoms with E-state index in [0.29, 0.717) is 0 Å². The smallest absolute Gasteiger partial charge is 0.304 e. The topological polar surface area (TPSA) is 77.3 Å². The molecule has 0 rings (SSSR count). The molecule has 0 saturated carbocycles. The van der Waals surface area contributed by atoms with E-state index in [2.05, 4.69) is 19.7 Å². The lowest BCUT2D eigenvalue weighted by Gasteiger charge is -1.94. The van der Waals surface area contributed by atoms with Crippen LogP contribution in [0, 0.1) is 0 Å². The average Bonchev–Trinajstić information content (AvgIpc) is 1.95. The first kappa shape index (κ1) is 10.5. The highest BCUT2D eigenvalue weighted by Gasteiger charge is 1.89. The minimum absolute atomic E-state index is 0.142. The second-order valence-corrected chi connectivity index (χ2v) is 1.81. The molecule has 0 bridgehead atoms. The molecule has 12 heavy (non-hydrogen) atoms. The summed E-state index contributed by atoms with van der Waals surface area (Å²) in [4.78, 5) is 20.4. The molecule has 0 aliphatic carbocycles. The molecule has 0 spiro atoms. The van der Waals surface area contributed by atoms with Gasteiger partial charge in [-0.2, -0.15) is 0 Å². The zero-order valence-corrected chi connectivity index (χ0v) is 6.94. The average molecular weight is 174 g/mol. The number of rotatable bonds is 4. The van der Waals surface area contributed by atoms with Crippen molar-refractivity contribution in [2.75, 3.05) is 13.5 Å². The number of azo groups is 1. The molecule has 0 heterocycles. The molecule has 0 atom stereocenters. The van der Waals surface area contributed by atoms with E-state index in [4.69, 9.17) is 0 Å². The van der Waals surface area contributed by atoms with Gasteiger partial charge in [-0.1, -0.05) is 0 Å². The van der Waals surface area contributed by atoms with Gasteiger partial charge in [0.1, 0.15) is 0 Å². The summed E-state index contributed by atoms with van der Waals surface area (Å²) in [7, 11) is 0. The Bertz CT molecular complexity index is 170. The van der Waals surface area contributed by atoms with Crippen molar-refractivity contribution in [1.29, 1.82) is 0 Å². The summed E-state index contributed by atoms with van der Waals surface area (Å²) in [5, 5.41) is 6.78. The predicted molar refractivity (Wildman–Crippen MR) is 38.1 cm³/mol. The predicted octanol–water partition coefficient (Wildman–Crippen LogP) is 0.480. The van der Waals surface area contributed by atoms with Crippen molar-refractivity contribution in [3.63, 3.8) is 0 Å². The molecule has 0 aromatic carbocycles. The molecule has 0 aliphatic heterocycles. The monoisotopic (exact) mass is 174 g/mol. The maximum Gasteiger partial charge on any atom is 0.304 e. The molecular weight excluding hydrogens is 164 g/mol. The summed E-state index contributed by atoms with van der Waals surface area (Å²) in [6.07, 6.45) is 0. The highest BCUT2D eigenvalue weighted by molar-refractivity contribution is 5.66. The zero-order chi connectivity index (χ0) is 9.40. The molecule has 0 radical (unpaired) electrons.